The van der Waals surface area contributed by atoms with Gasteiger partial charge in [0.1, 0.15) is 0 Å². The second-order valence-corrected chi connectivity index (χ2v) is 6.14. The summed E-state index contributed by atoms with van der Waals surface area (Å²) in [6.07, 6.45) is 0.751. The van der Waals surface area contributed by atoms with Crippen LogP contribution in [0.4, 0.5) is 5.69 Å². The number of aliphatic carboxylic acids is 1. The van der Waals surface area contributed by atoms with Gasteiger partial charge in [0.05, 0.1) is 18.0 Å². The molecule has 1 unspecified atom stereocenters. The number of aromatic nitrogens is 2. The number of aryl methyl sites for hydroxylation is 2. The van der Waals surface area contributed by atoms with Gasteiger partial charge in [0.15, 0.2) is 0 Å². The van der Waals surface area contributed by atoms with Crippen molar-refractivity contribution >= 4 is 17.6 Å². The lowest BCUT2D eigenvalue weighted by molar-refractivity contribution is -0.141. The fourth-order valence-corrected chi connectivity index (χ4v) is 2.60. The third-order valence-corrected chi connectivity index (χ3v) is 4.20. The highest BCUT2D eigenvalue weighted by atomic mass is 16.4. The Morgan fingerprint density at radius 1 is 1.25 bits per heavy atom. The first-order chi connectivity index (χ1) is 11.3. The Labute approximate surface area is 141 Å². The molecule has 0 aliphatic carbocycles. The summed E-state index contributed by atoms with van der Waals surface area (Å²) < 4.78 is 1.77. The molecule has 2 aromatic rings. The fraction of sp³-hybridized carbons (Fsp3) is 0.389. The molecule has 0 aliphatic rings. The van der Waals surface area contributed by atoms with Gasteiger partial charge in [-0.15, -0.1) is 0 Å². The van der Waals surface area contributed by atoms with Crippen molar-refractivity contribution in [2.75, 3.05) is 5.32 Å². The summed E-state index contributed by atoms with van der Waals surface area (Å²) in [5, 5.41) is 16.1. The Kier molecular flexibility index (Phi) is 5.39. The van der Waals surface area contributed by atoms with Gasteiger partial charge in [-0.1, -0.05) is 19.1 Å². The zero-order valence-corrected chi connectivity index (χ0v) is 14.5. The number of carbonyl (C=O) groups is 2. The number of anilines is 1. The second kappa shape index (κ2) is 7.29. The van der Waals surface area contributed by atoms with E-state index in [1.807, 2.05) is 33.0 Å². The van der Waals surface area contributed by atoms with E-state index < -0.39 is 11.9 Å². The minimum atomic E-state index is -0.811. The third-order valence-electron chi connectivity index (χ3n) is 4.20. The van der Waals surface area contributed by atoms with Gasteiger partial charge in [-0.2, -0.15) is 5.10 Å². The van der Waals surface area contributed by atoms with Crippen LogP contribution in [0.2, 0.25) is 0 Å². The number of hydrogen-bond acceptors (Lipinski definition) is 3. The van der Waals surface area contributed by atoms with E-state index in [9.17, 15) is 9.59 Å². The molecule has 0 bridgehead atoms. The van der Waals surface area contributed by atoms with Gasteiger partial charge in [-0.05, 0) is 38.0 Å². The largest absolute Gasteiger partial charge is 0.481 e. The van der Waals surface area contributed by atoms with Gasteiger partial charge in [0.25, 0.3) is 0 Å². The summed E-state index contributed by atoms with van der Waals surface area (Å²) in [5.74, 6) is -1.34. The number of rotatable bonds is 6. The lowest BCUT2D eigenvalue weighted by Crippen LogP contribution is -2.15. The van der Waals surface area contributed by atoms with Crippen LogP contribution in [0.1, 0.15) is 29.4 Å². The first-order valence-corrected chi connectivity index (χ1v) is 7.88. The summed E-state index contributed by atoms with van der Waals surface area (Å²) in [4.78, 5) is 23.1. The number of hydrogen-bond donors (Lipinski definition) is 2. The molecule has 128 valence electrons. The summed E-state index contributed by atoms with van der Waals surface area (Å²) in [7, 11) is 1.86. The molecule has 0 saturated heterocycles. The van der Waals surface area contributed by atoms with E-state index in [0.29, 0.717) is 12.1 Å². The van der Waals surface area contributed by atoms with Gasteiger partial charge in [0, 0.05) is 24.0 Å². The molecule has 1 amide bonds. The average Bonchev–Trinajstić information content (AvgIpc) is 2.75. The maximum atomic E-state index is 12.2. The van der Waals surface area contributed by atoms with E-state index in [4.69, 9.17) is 5.11 Å². The summed E-state index contributed by atoms with van der Waals surface area (Å²) >= 11 is 0. The molecular weight excluding hydrogens is 306 g/mol. The number of carboxylic acids is 1. The van der Waals surface area contributed by atoms with Gasteiger partial charge in [-0.25, -0.2) is 0 Å². The highest BCUT2D eigenvalue weighted by molar-refractivity contribution is 5.92. The van der Waals surface area contributed by atoms with Gasteiger partial charge in [0.2, 0.25) is 5.91 Å². The van der Waals surface area contributed by atoms with Crippen molar-refractivity contribution in [3.05, 3.63) is 46.8 Å². The minimum absolute atomic E-state index is 0.0964. The first kappa shape index (κ1) is 17.7. The fourth-order valence-electron chi connectivity index (χ4n) is 2.60. The maximum absolute atomic E-state index is 12.2. The van der Waals surface area contributed by atoms with Crippen molar-refractivity contribution in [2.24, 2.45) is 13.0 Å². The molecule has 0 spiro atoms. The second-order valence-electron chi connectivity index (χ2n) is 6.14. The predicted molar refractivity (Wildman–Crippen MR) is 92.0 cm³/mol. The molecule has 2 N–H and O–H groups in total. The smallest absolute Gasteiger partial charge is 0.306 e. The molecule has 1 aromatic carbocycles. The van der Waals surface area contributed by atoms with Crippen LogP contribution in [0.3, 0.4) is 0 Å². The topological polar surface area (TPSA) is 84.2 Å². The molecule has 0 radical (unpaired) electrons. The summed E-state index contributed by atoms with van der Waals surface area (Å²) in [6.45, 7) is 5.52. The lowest BCUT2D eigenvalue weighted by Gasteiger charge is -2.09. The Bertz CT molecular complexity index is 748. The summed E-state index contributed by atoms with van der Waals surface area (Å²) in [6, 6.07) is 7.28. The Balaban J connectivity index is 1.98. The number of carboxylic acid groups (broad SMARTS) is 1. The van der Waals surface area contributed by atoms with Crippen molar-refractivity contribution in [2.45, 2.75) is 33.6 Å². The highest BCUT2D eigenvalue weighted by Crippen LogP contribution is 2.16. The molecule has 0 aliphatic heterocycles. The van der Waals surface area contributed by atoms with Crippen LogP contribution in [0.5, 0.6) is 0 Å². The predicted octanol–water partition coefficient (Wildman–Crippen LogP) is 2.48. The van der Waals surface area contributed by atoms with Crippen LogP contribution in [-0.2, 0) is 29.5 Å². The number of benzene rings is 1. The van der Waals surface area contributed by atoms with E-state index in [-0.39, 0.29) is 12.3 Å². The van der Waals surface area contributed by atoms with Gasteiger partial charge >= 0.3 is 5.97 Å². The van der Waals surface area contributed by atoms with Crippen LogP contribution >= 0.6 is 0 Å². The van der Waals surface area contributed by atoms with E-state index in [2.05, 4.69) is 10.4 Å². The molecule has 1 heterocycles. The van der Waals surface area contributed by atoms with E-state index in [1.54, 1.807) is 23.7 Å². The Hall–Kier alpha value is -2.63. The van der Waals surface area contributed by atoms with Crippen molar-refractivity contribution in [3.63, 3.8) is 0 Å². The molecule has 1 aromatic heterocycles. The van der Waals surface area contributed by atoms with Gasteiger partial charge in [-0.3, -0.25) is 14.3 Å². The lowest BCUT2D eigenvalue weighted by atomic mass is 10.0. The third kappa shape index (κ3) is 4.22. The number of nitrogens with one attached hydrogen (secondary N) is 1. The number of carbonyl (C=O) groups excluding carboxylic acids is 1. The van der Waals surface area contributed by atoms with Crippen LogP contribution < -0.4 is 5.32 Å². The standard InChI is InChI=1S/C18H23N3O3/c1-11(18(23)24)9-14-5-7-15(8-6-14)19-17(22)10-16-12(2)20-21(4)13(16)3/h5-8,11H,9-10H2,1-4H3,(H,19,22)(H,23,24). The van der Waals surface area contributed by atoms with Crippen molar-refractivity contribution in [1.29, 1.82) is 0 Å². The molecule has 0 saturated carbocycles. The monoisotopic (exact) mass is 329 g/mol. The van der Waals surface area contributed by atoms with E-state index in [1.165, 1.54) is 0 Å². The zero-order chi connectivity index (χ0) is 17.9. The Morgan fingerprint density at radius 2 is 1.88 bits per heavy atom. The zero-order valence-electron chi connectivity index (χ0n) is 14.5. The quantitative estimate of drug-likeness (QED) is 0.853. The normalized spacial score (nSPS) is 12.0. The van der Waals surface area contributed by atoms with Crippen LogP contribution in [0.25, 0.3) is 0 Å². The maximum Gasteiger partial charge on any atom is 0.306 e. The Morgan fingerprint density at radius 3 is 2.38 bits per heavy atom. The molecule has 24 heavy (non-hydrogen) atoms. The van der Waals surface area contributed by atoms with Crippen molar-refractivity contribution in [3.8, 4) is 0 Å². The van der Waals surface area contributed by atoms with Crippen LogP contribution in [0.15, 0.2) is 24.3 Å². The summed E-state index contributed by atoms with van der Waals surface area (Å²) in [5.41, 5.74) is 4.43. The SMILES string of the molecule is Cc1nn(C)c(C)c1CC(=O)Nc1ccc(CC(C)C(=O)O)cc1. The van der Waals surface area contributed by atoms with E-state index in [0.717, 1.165) is 22.5 Å². The van der Waals surface area contributed by atoms with E-state index >= 15 is 0 Å². The highest BCUT2D eigenvalue weighted by Gasteiger charge is 2.14. The van der Waals surface area contributed by atoms with Gasteiger partial charge < -0.3 is 10.4 Å². The molecule has 0 fully saturated rings. The first-order valence-electron chi connectivity index (χ1n) is 7.88. The molecule has 6 nitrogen and oxygen atoms in total. The van der Waals surface area contributed by atoms with Crippen molar-refractivity contribution in [1.82, 2.24) is 9.78 Å². The van der Waals surface area contributed by atoms with Crippen molar-refractivity contribution < 1.29 is 14.7 Å². The average molecular weight is 329 g/mol. The minimum Gasteiger partial charge on any atom is -0.481 e. The molecule has 1 atom stereocenters. The molecule has 2 rings (SSSR count). The molecular formula is C18H23N3O3. The number of nitrogens with zero attached hydrogens (tertiary/aromatic N) is 2. The number of amides is 1. The molecule has 6 heteroatoms. The van der Waals surface area contributed by atoms with Crippen LogP contribution in [0, 0.1) is 19.8 Å². The van der Waals surface area contributed by atoms with Crippen LogP contribution in [-0.4, -0.2) is 26.8 Å².